The van der Waals surface area contributed by atoms with Crippen LogP contribution >= 0.6 is 23.1 Å². The third-order valence-electron chi connectivity index (χ3n) is 4.82. The van der Waals surface area contributed by atoms with Crippen LogP contribution in [0.15, 0.2) is 34.2 Å². The fourth-order valence-corrected chi connectivity index (χ4v) is 5.43. The number of amides is 1. The molecule has 2 aromatic heterocycles. The second kappa shape index (κ2) is 7.48. The fourth-order valence-electron chi connectivity index (χ4n) is 3.36. The predicted octanol–water partition coefficient (Wildman–Crippen LogP) is 3.91. The maximum absolute atomic E-state index is 12.9. The lowest BCUT2D eigenvalue weighted by atomic mass is 9.97. The SMILES string of the molecule is Cc1ccc(NC(=O)CSc2nc3sc4c(c3c(=O)n2C)CCCC4)cc1. The van der Waals surface area contributed by atoms with Gasteiger partial charge in [0.2, 0.25) is 5.91 Å². The molecule has 0 spiro atoms. The summed E-state index contributed by atoms with van der Waals surface area (Å²) in [5.41, 5.74) is 3.12. The largest absolute Gasteiger partial charge is 0.325 e. The summed E-state index contributed by atoms with van der Waals surface area (Å²) < 4.78 is 1.58. The number of fused-ring (bicyclic) bond motifs is 3. The molecular formula is C20H21N3O2S2. The van der Waals surface area contributed by atoms with E-state index < -0.39 is 0 Å². The van der Waals surface area contributed by atoms with Crippen LogP contribution in [-0.4, -0.2) is 21.2 Å². The Labute approximate surface area is 165 Å². The first-order valence-electron chi connectivity index (χ1n) is 9.03. The van der Waals surface area contributed by atoms with E-state index in [9.17, 15) is 9.59 Å². The molecule has 27 heavy (non-hydrogen) atoms. The van der Waals surface area contributed by atoms with E-state index >= 15 is 0 Å². The number of anilines is 1. The van der Waals surface area contributed by atoms with Crippen LogP contribution in [0.4, 0.5) is 5.69 Å². The van der Waals surface area contributed by atoms with Crippen LogP contribution in [-0.2, 0) is 24.7 Å². The number of nitrogens with zero attached hydrogens (tertiary/aromatic N) is 2. The average molecular weight is 400 g/mol. The molecule has 1 aromatic carbocycles. The number of rotatable bonds is 4. The van der Waals surface area contributed by atoms with Gasteiger partial charge in [-0.1, -0.05) is 29.5 Å². The van der Waals surface area contributed by atoms with E-state index in [4.69, 9.17) is 4.98 Å². The summed E-state index contributed by atoms with van der Waals surface area (Å²) in [6.45, 7) is 2.01. The van der Waals surface area contributed by atoms with Crippen LogP contribution in [0.25, 0.3) is 10.2 Å². The average Bonchev–Trinajstić information content (AvgIpc) is 3.04. The van der Waals surface area contributed by atoms with Crippen LogP contribution in [0, 0.1) is 6.92 Å². The minimum atomic E-state index is -0.108. The molecule has 1 amide bonds. The molecule has 1 aliphatic carbocycles. The van der Waals surface area contributed by atoms with E-state index in [2.05, 4.69) is 5.32 Å². The summed E-state index contributed by atoms with van der Waals surface area (Å²) in [4.78, 5) is 31.9. The second-order valence-corrected chi connectivity index (χ2v) is 8.88. The van der Waals surface area contributed by atoms with Gasteiger partial charge in [-0.2, -0.15) is 0 Å². The number of aryl methyl sites for hydroxylation is 3. The third kappa shape index (κ3) is 3.66. The van der Waals surface area contributed by atoms with Gasteiger partial charge in [0, 0.05) is 17.6 Å². The zero-order chi connectivity index (χ0) is 19.0. The van der Waals surface area contributed by atoms with Crippen molar-refractivity contribution < 1.29 is 4.79 Å². The van der Waals surface area contributed by atoms with Crippen LogP contribution in [0.2, 0.25) is 0 Å². The van der Waals surface area contributed by atoms with Gasteiger partial charge in [-0.25, -0.2) is 4.98 Å². The van der Waals surface area contributed by atoms with E-state index in [1.807, 2.05) is 31.2 Å². The smallest absolute Gasteiger partial charge is 0.262 e. The number of nitrogens with one attached hydrogen (secondary N) is 1. The monoisotopic (exact) mass is 399 g/mol. The van der Waals surface area contributed by atoms with E-state index in [1.165, 1.54) is 28.6 Å². The highest BCUT2D eigenvalue weighted by Crippen LogP contribution is 2.34. The summed E-state index contributed by atoms with van der Waals surface area (Å²) in [5, 5.41) is 4.25. The van der Waals surface area contributed by atoms with E-state index in [0.717, 1.165) is 40.7 Å². The van der Waals surface area contributed by atoms with E-state index in [-0.39, 0.29) is 17.2 Å². The molecule has 140 valence electrons. The van der Waals surface area contributed by atoms with E-state index in [1.54, 1.807) is 23.0 Å². The summed E-state index contributed by atoms with van der Waals surface area (Å²) in [6.07, 6.45) is 4.33. The van der Waals surface area contributed by atoms with Crippen LogP contribution in [0.1, 0.15) is 28.8 Å². The highest BCUT2D eigenvalue weighted by molar-refractivity contribution is 7.99. The summed E-state index contributed by atoms with van der Waals surface area (Å²) in [6, 6.07) is 7.68. The number of thiophene rings is 1. The molecule has 0 radical (unpaired) electrons. The lowest BCUT2D eigenvalue weighted by Gasteiger charge is -2.11. The number of thioether (sulfide) groups is 1. The topological polar surface area (TPSA) is 64.0 Å². The molecule has 0 fully saturated rings. The molecule has 0 unspecified atom stereocenters. The number of carbonyl (C=O) groups is 1. The Bertz CT molecular complexity index is 1070. The Hall–Kier alpha value is -2.12. The van der Waals surface area contributed by atoms with Crippen molar-refractivity contribution in [2.75, 3.05) is 11.1 Å². The van der Waals surface area contributed by atoms with Gasteiger partial charge in [-0.05, 0) is 50.3 Å². The summed E-state index contributed by atoms with van der Waals surface area (Å²) >= 11 is 2.94. The van der Waals surface area contributed by atoms with Crippen molar-refractivity contribution in [3.05, 3.63) is 50.6 Å². The first-order chi connectivity index (χ1) is 13.0. The first kappa shape index (κ1) is 18.3. The Morgan fingerprint density at radius 2 is 2.00 bits per heavy atom. The number of aromatic nitrogens is 2. The third-order valence-corrected chi connectivity index (χ3v) is 7.04. The van der Waals surface area contributed by atoms with E-state index in [0.29, 0.717) is 5.16 Å². The molecule has 0 saturated carbocycles. The Kier molecular flexibility index (Phi) is 5.06. The zero-order valence-corrected chi connectivity index (χ0v) is 17.0. The van der Waals surface area contributed by atoms with Crippen molar-refractivity contribution in [1.29, 1.82) is 0 Å². The van der Waals surface area contributed by atoms with Gasteiger partial charge in [0.15, 0.2) is 5.16 Å². The van der Waals surface area contributed by atoms with Crippen LogP contribution in [0.3, 0.4) is 0 Å². The Morgan fingerprint density at radius 3 is 2.78 bits per heavy atom. The van der Waals surface area contributed by atoms with Gasteiger partial charge < -0.3 is 5.32 Å². The quantitative estimate of drug-likeness (QED) is 0.534. The second-order valence-electron chi connectivity index (χ2n) is 6.85. The van der Waals surface area contributed by atoms with Crippen molar-refractivity contribution >= 4 is 44.9 Å². The van der Waals surface area contributed by atoms with Crippen molar-refractivity contribution in [3.8, 4) is 0 Å². The molecule has 2 heterocycles. The number of hydrogen-bond acceptors (Lipinski definition) is 5. The maximum Gasteiger partial charge on any atom is 0.262 e. The molecule has 1 aliphatic rings. The maximum atomic E-state index is 12.9. The number of benzene rings is 1. The number of hydrogen-bond donors (Lipinski definition) is 1. The molecule has 1 N–H and O–H groups in total. The molecule has 4 rings (SSSR count). The molecule has 0 atom stereocenters. The van der Waals surface area contributed by atoms with Gasteiger partial charge in [0.25, 0.3) is 5.56 Å². The van der Waals surface area contributed by atoms with Crippen molar-refractivity contribution in [2.24, 2.45) is 7.05 Å². The van der Waals surface area contributed by atoms with Gasteiger partial charge in [0.05, 0.1) is 11.1 Å². The highest BCUT2D eigenvalue weighted by atomic mass is 32.2. The summed E-state index contributed by atoms with van der Waals surface area (Å²) in [5.74, 6) is 0.105. The minimum Gasteiger partial charge on any atom is -0.325 e. The van der Waals surface area contributed by atoms with Gasteiger partial charge >= 0.3 is 0 Å². The molecule has 0 aliphatic heterocycles. The first-order valence-corrected chi connectivity index (χ1v) is 10.8. The lowest BCUT2D eigenvalue weighted by Crippen LogP contribution is -2.22. The summed E-state index contributed by atoms with van der Waals surface area (Å²) in [7, 11) is 1.74. The minimum absolute atomic E-state index is 0.000780. The Balaban J connectivity index is 1.53. The molecule has 0 bridgehead atoms. The lowest BCUT2D eigenvalue weighted by molar-refractivity contribution is -0.113. The molecule has 7 heteroatoms. The number of carbonyl (C=O) groups excluding carboxylic acids is 1. The van der Waals surface area contributed by atoms with Crippen molar-refractivity contribution in [1.82, 2.24) is 9.55 Å². The van der Waals surface area contributed by atoms with Gasteiger partial charge in [-0.3, -0.25) is 14.2 Å². The van der Waals surface area contributed by atoms with Gasteiger partial charge in [0.1, 0.15) is 4.83 Å². The molecule has 3 aromatic rings. The van der Waals surface area contributed by atoms with Crippen LogP contribution in [0.5, 0.6) is 0 Å². The highest BCUT2D eigenvalue weighted by Gasteiger charge is 2.21. The molecular weight excluding hydrogens is 378 g/mol. The van der Waals surface area contributed by atoms with Gasteiger partial charge in [-0.15, -0.1) is 11.3 Å². The fraction of sp³-hybridized carbons (Fsp3) is 0.350. The van der Waals surface area contributed by atoms with Crippen molar-refractivity contribution in [2.45, 2.75) is 37.8 Å². The van der Waals surface area contributed by atoms with Crippen molar-refractivity contribution in [3.63, 3.8) is 0 Å². The zero-order valence-electron chi connectivity index (χ0n) is 15.4. The Morgan fingerprint density at radius 1 is 1.26 bits per heavy atom. The predicted molar refractivity (Wildman–Crippen MR) is 112 cm³/mol. The normalized spacial score (nSPS) is 13.6. The molecule has 5 nitrogen and oxygen atoms in total. The standard InChI is InChI=1S/C20H21N3O2S2/c1-12-7-9-13(10-8-12)21-16(24)11-26-20-22-18-17(19(25)23(20)2)14-5-3-4-6-15(14)27-18/h7-10H,3-6,11H2,1-2H3,(H,21,24). The van der Waals surface area contributed by atoms with Crippen LogP contribution < -0.4 is 10.9 Å². The molecule has 0 saturated heterocycles.